The van der Waals surface area contributed by atoms with Crippen LogP contribution in [0, 0.1) is 5.82 Å². The molecule has 0 fully saturated rings. The zero-order valence-electron chi connectivity index (χ0n) is 32.9. The Kier molecular flexibility index (Phi) is 8.00. The van der Waals surface area contributed by atoms with Gasteiger partial charge in [0.05, 0.1) is 33.3 Å². The first-order chi connectivity index (χ1) is 30.1. The molecule has 12 rings (SSSR count). The third-order valence-electron chi connectivity index (χ3n) is 12.0. The van der Waals surface area contributed by atoms with Gasteiger partial charge in [0.25, 0.3) is 0 Å². The summed E-state index contributed by atoms with van der Waals surface area (Å²) in [6, 6.07) is 73.1. The number of halogens is 1. The van der Waals surface area contributed by atoms with Gasteiger partial charge in [-0.05, 0) is 107 Å². The molecule has 0 aliphatic heterocycles. The molecule has 61 heavy (non-hydrogen) atoms. The topological polar surface area (TPSA) is 35.6 Å². The normalized spacial score (nSPS) is 11.7. The number of hydrogen-bond acceptors (Lipinski definition) is 2. The van der Waals surface area contributed by atoms with Crippen LogP contribution in [0.4, 0.5) is 4.39 Å². The highest BCUT2D eigenvalue weighted by molar-refractivity contribution is 6.12. The third-order valence-corrected chi connectivity index (χ3v) is 12.0. The van der Waals surface area contributed by atoms with Crippen molar-refractivity contribution in [1.82, 2.24) is 19.1 Å². The van der Waals surface area contributed by atoms with E-state index in [2.05, 4.69) is 173 Å². The van der Waals surface area contributed by atoms with Gasteiger partial charge in [-0.1, -0.05) is 127 Å². The van der Waals surface area contributed by atoms with Crippen molar-refractivity contribution < 1.29 is 4.39 Å². The first-order valence-corrected chi connectivity index (χ1v) is 20.5. The fourth-order valence-electron chi connectivity index (χ4n) is 9.11. The highest BCUT2D eigenvalue weighted by Crippen LogP contribution is 2.39. The Morgan fingerprint density at radius 3 is 1.48 bits per heavy atom. The zero-order valence-corrected chi connectivity index (χ0v) is 32.9. The maximum Gasteiger partial charge on any atom is 0.160 e. The van der Waals surface area contributed by atoms with Gasteiger partial charge < -0.3 is 9.13 Å². The predicted octanol–water partition coefficient (Wildman–Crippen LogP) is 14.6. The molecule has 0 unspecified atom stereocenters. The maximum absolute atomic E-state index is 14.4. The number of nitrogens with zero attached hydrogens (tertiary/aromatic N) is 4. The Morgan fingerprint density at radius 2 is 0.820 bits per heavy atom. The Labute approximate surface area is 351 Å². The molecule has 0 radical (unpaired) electrons. The van der Waals surface area contributed by atoms with Crippen molar-refractivity contribution in [2.45, 2.75) is 0 Å². The number of aromatic nitrogens is 4. The molecule has 4 nitrogen and oxygen atoms in total. The minimum absolute atomic E-state index is 0.252. The highest BCUT2D eigenvalue weighted by Gasteiger charge is 2.17. The molecule has 0 atom stereocenters. The van der Waals surface area contributed by atoms with Gasteiger partial charge in [0.2, 0.25) is 0 Å². The molecule has 0 saturated carbocycles. The van der Waals surface area contributed by atoms with Crippen molar-refractivity contribution in [2.75, 3.05) is 0 Å². The fraction of sp³-hybridized carbons (Fsp3) is 0. The lowest BCUT2D eigenvalue weighted by atomic mass is 10.0. The number of benzene rings is 9. The van der Waals surface area contributed by atoms with Gasteiger partial charge in [0.1, 0.15) is 5.82 Å². The molecule has 0 bridgehead atoms. The van der Waals surface area contributed by atoms with Crippen LogP contribution in [0.1, 0.15) is 0 Å². The molecular weight excluding hydrogens is 748 g/mol. The zero-order chi connectivity index (χ0) is 40.4. The van der Waals surface area contributed by atoms with E-state index in [1.807, 2.05) is 30.3 Å². The minimum atomic E-state index is -0.252. The Balaban J connectivity index is 0.928. The summed E-state index contributed by atoms with van der Waals surface area (Å²) in [5.41, 5.74) is 14.7. The van der Waals surface area contributed by atoms with Gasteiger partial charge in [-0.25, -0.2) is 14.4 Å². The van der Waals surface area contributed by atoms with Crippen molar-refractivity contribution in [3.63, 3.8) is 0 Å². The number of hydrogen-bond donors (Lipinski definition) is 0. The van der Waals surface area contributed by atoms with Crippen LogP contribution in [0.25, 0.3) is 111 Å². The van der Waals surface area contributed by atoms with Crippen molar-refractivity contribution in [3.05, 3.63) is 218 Å². The molecule has 0 saturated heterocycles. The summed E-state index contributed by atoms with van der Waals surface area (Å²) in [7, 11) is 0. The first-order valence-electron chi connectivity index (χ1n) is 20.5. The van der Waals surface area contributed by atoms with E-state index in [0.717, 1.165) is 83.1 Å². The van der Waals surface area contributed by atoms with Crippen LogP contribution in [-0.2, 0) is 0 Å². The maximum atomic E-state index is 14.4. The van der Waals surface area contributed by atoms with E-state index in [-0.39, 0.29) is 5.82 Å². The molecule has 3 heterocycles. The van der Waals surface area contributed by atoms with Crippen molar-refractivity contribution in [1.29, 1.82) is 0 Å². The molecule has 0 aliphatic rings. The molecule has 286 valence electrons. The van der Waals surface area contributed by atoms with E-state index in [4.69, 9.17) is 9.97 Å². The van der Waals surface area contributed by atoms with Gasteiger partial charge in [0.15, 0.2) is 5.82 Å². The quantitative estimate of drug-likeness (QED) is 0.168. The predicted molar refractivity (Wildman–Crippen MR) is 250 cm³/mol. The third kappa shape index (κ3) is 5.82. The van der Waals surface area contributed by atoms with Gasteiger partial charge in [-0.2, -0.15) is 0 Å². The molecule has 0 spiro atoms. The van der Waals surface area contributed by atoms with Crippen LogP contribution in [0.2, 0.25) is 0 Å². The average Bonchev–Trinajstić information content (AvgIpc) is 3.84. The van der Waals surface area contributed by atoms with Crippen LogP contribution in [0.3, 0.4) is 0 Å². The molecule has 0 N–H and O–H groups in total. The molecule has 9 aromatic carbocycles. The van der Waals surface area contributed by atoms with Crippen molar-refractivity contribution in [2.24, 2.45) is 0 Å². The van der Waals surface area contributed by atoms with E-state index in [0.29, 0.717) is 5.82 Å². The van der Waals surface area contributed by atoms with E-state index in [1.54, 1.807) is 12.1 Å². The Bertz CT molecular complexity index is 3640. The second-order valence-electron chi connectivity index (χ2n) is 15.6. The first kappa shape index (κ1) is 34.9. The lowest BCUT2D eigenvalue weighted by molar-refractivity contribution is 0.627. The van der Waals surface area contributed by atoms with Gasteiger partial charge in [-0.3, -0.25) is 0 Å². The van der Waals surface area contributed by atoms with Crippen LogP contribution in [-0.4, -0.2) is 19.1 Å². The second-order valence-corrected chi connectivity index (χ2v) is 15.6. The molecule has 0 amide bonds. The van der Waals surface area contributed by atoms with E-state index >= 15 is 0 Å². The standard InChI is InChI=1S/C56H35FN4/c57-42-13-10-14-44(35-42)61-52-20-9-6-16-46(52)49-34-41(28-32-54(49)61)40-27-31-53-48(33-40)45-15-5-8-19-51(45)60(53)43-29-25-39(26-30-43)56-58-50-18-7-4-17-47(50)55(59-56)38-23-21-37(22-24-38)36-11-2-1-3-12-36/h1-35H. The van der Waals surface area contributed by atoms with Crippen LogP contribution < -0.4 is 0 Å². The summed E-state index contributed by atoms with van der Waals surface area (Å²) >= 11 is 0. The lowest BCUT2D eigenvalue weighted by Gasteiger charge is -2.12. The van der Waals surface area contributed by atoms with Crippen LogP contribution >= 0.6 is 0 Å². The Hall–Kier alpha value is -8.15. The highest BCUT2D eigenvalue weighted by atomic mass is 19.1. The SMILES string of the molecule is Fc1cccc(-n2c3ccccc3c3cc(-c4ccc5c(c4)c4ccccc4n5-c4ccc(-c5nc(-c6ccc(-c7ccccc7)cc6)c6ccccc6n5)cc4)ccc32)c1. The Morgan fingerprint density at radius 1 is 0.311 bits per heavy atom. The molecule has 5 heteroatoms. The summed E-state index contributed by atoms with van der Waals surface area (Å²) in [4.78, 5) is 10.2. The van der Waals surface area contributed by atoms with Gasteiger partial charge in [0, 0.05) is 49.4 Å². The number of para-hydroxylation sites is 3. The summed E-state index contributed by atoms with van der Waals surface area (Å²) < 4.78 is 18.9. The molecule has 0 aliphatic carbocycles. The smallest absolute Gasteiger partial charge is 0.160 e. The fourth-order valence-corrected chi connectivity index (χ4v) is 9.11. The monoisotopic (exact) mass is 782 g/mol. The van der Waals surface area contributed by atoms with Crippen molar-refractivity contribution in [3.8, 4) is 56.3 Å². The second kappa shape index (κ2) is 14.0. The summed E-state index contributed by atoms with van der Waals surface area (Å²) in [5.74, 6) is 0.438. The van der Waals surface area contributed by atoms with Gasteiger partial charge >= 0.3 is 0 Å². The van der Waals surface area contributed by atoms with Crippen molar-refractivity contribution >= 4 is 54.5 Å². The van der Waals surface area contributed by atoms with E-state index < -0.39 is 0 Å². The average molecular weight is 783 g/mol. The minimum Gasteiger partial charge on any atom is -0.309 e. The molecule has 3 aromatic heterocycles. The molecule has 12 aromatic rings. The summed E-state index contributed by atoms with van der Waals surface area (Å²) in [6.45, 7) is 0. The largest absolute Gasteiger partial charge is 0.309 e. The van der Waals surface area contributed by atoms with E-state index in [1.165, 1.54) is 28.0 Å². The van der Waals surface area contributed by atoms with Crippen LogP contribution in [0.15, 0.2) is 212 Å². The van der Waals surface area contributed by atoms with Crippen LogP contribution in [0.5, 0.6) is 0 Å². The summed E-state index contributed by atoms with van der Waals surface area (Å²) in [6.07, 6.45) is 0. The number of rotatable bonds is 6. The summed E-state index contributed by atoms with van der Waals surface area (Å²) in [5, 5.41) is 5.65. The van der Waals surface area contributed by atoms with Gasteiger partial charge in [-0.15, -0.1) is 0 Å². The number of fused-ring (bicyclic) bond motifs is 7. The molecular formula is C56H35FN4. The van der Waals surface area contributed by atoms with E-state index in [9.17, 15) is 4.39 Å². The lowest BCUT2D eigenvalue weighted by Crippen LogP contribution is -1.97.